The minimum Gasteiger partial charge on any atom is -0.383 e. The van der Waals surface area contributed by atoms with E-state index in [0.29, 0.717) is 6.61 Å². The van der Waals surface area contributed by atoms with Gasteiger partial charge in [0.05, 0.1) is 12.6 Å². The molecule has 0 heterocycles. The van der Waals surface area contributed by atoms with Gasteiger partial charge in [-0.3, -0.25) is 4.79 Å². The van der Waals surface area contributed by atoms with Crippen molar-refractivity contribution in [1.82, 2.24) is 0 Å². The van der Waals surface area contributed by atoms with Crippen LogP contribution in [0.3, 0.4) is 0 Å². The van der Waals surface area contributed by atoms with Crippen LogP contribution in [0.2, 0.25) is 0 Å². The second kappa shape index (κ2) is 9.16. The summed E-state index contributed by atoms with van der Waals surface area (Å²) in [6, 6.07) is -0.444. The summed E-state index contributed by atoms with van der Waals surface area (Å²) in [5.41, 5.74) is 5.25. The molecular formula is C11H23NO2. The number of methoxy groups -OCH3 is 1. The first kappa shape index (κ1) is 13.6. The van der Waals surface area contributed by atoms with E-state index in [1.807, 2.05) is 0 Å². The van der Waals surface area contributed by atoms with Crippen LogP contribution in [0.4, 0.5) is 0 Å². The first-order valence-corrected chi connectivity index (χ1v) is 5.43. The lowest BCUT2D eigenvalue weighted by atomic mass is 10.2. The smallest absolute Gasteiger partial charge is 0.148 e. The first-order chi connectivity index (χ1) is 6.68. The molecule has 2 aliphatic rings. The highest BCUT2D eigenvalue weighted by molar-refractivity contribution is 5.81. The van der Waals surface area contributed by atoms with E-state index >= 15 is 0 Å². The molecule has 1 unspecified atom stereocenters. The van der Waals surface area contributed by atoms with E-state index in [-0.39, 0.29) is 5.78 Å². The van der Waals surface area contributed by atoms with Crippen molar-refractivity contribution in [3.05, 3.63) is 0 Å². The maximum atomic E-state index is 10.3. The third kappa shape index (κ3) is 17.6. The first-order valence-electron chi connectivity index (χ1n) is 5.43. The van der Waals surface area contributed by atoms with Gasteiger partial charge in [-0.05, 0) is 6.92 Å². The fraction of sp³-hybridized carbons (Fsp3) is 0.909. The van der Waals surface area contributed by atoms with Crippen LogP contribution in [-0.4, -0.2) is 25.5 Å². The second-order valence-corrected chi connectivity index (χ2v) is 3.79. The molecule has 2 rings (SSSR count). The van der Waals surface area contributed by atoms with Gasteiger partial charge in [0.1, 0.15) is 5.78 Å². The average molecular weight is 201 g/mol. The summed E-state index contributed by atoms with van der Waals surface area (Å²) >= 11 is 0. The molecule has 3 nitrogen and oxygen atoms in total. The summed E-state index contributed by atoms with van der Waals surface area (Å²) in [6.45, 7) is 1.76. The Morgan fingerprint density at radius 1 is 1.21 bits per heavy atom. The van der Waals surface area contributed by atoms with Crippen molar-refractivity contribution in [2.75, 3.05) is 13.7 Å². The van der Waals surface area contributed by atoms with Crippen LogP contribution in [0.5, 0.6) is 0 Å². The largest absolute Gasteiger partial charge is 0.383 e. The molecule has 0 saturated heterocycles. The number of hydrogen-bond acceptors (Lipinski definition) is 3. The Hall–Kier alpha value is -0.410. The van der Waals surface area contributed by atoms with Gasteiger partial charge < -0.3 is 10.5 Å². The van der Waals surface area contributed by atoms with E-state index in [0.717, 1.165) is 0 Å². The molecule has 0 aromatic carbocycles. The Morgan fingerprint density at radius 2 is 1.57 bits per heavy atom. The fourth-order valence-electron chi connectivity index (χ4n) is 0.297. The van der Waals surface area contributed by atoms with E-state index in [1.165, 1.54) is 52.6 Å². The van der Waals surface area contributed by atoms with E-state index < -0.39 is 6.04 Å². The van der Waals surface area contributed by atoms with Gasteiger partial charge in [-0.2, -0.15) is 0 Å². The van der Waals surface area contributed by atoms with Gasteiger partial charge in [0.2, 0.25) is 0 Å². The predicted octanol–water partition coefficient (Wildman–Crippen LogP) is 1.89. The highest BCUT2D eigenvalue weighted by Crippen LogP contribution is 2.15. The topological polar surface area (TPSA) is 52.3 Å². The third-order valence-corrected chi connectivity index (χ3v) is 1.58. The summed E-state index contributed by atoms with van der Waals surface area (Å²) in [5, 5.41) is 0. The quantitative estimate of drug-likeness (QED) is 0.758. The lowest BCUT2D eigenvalue weighted by Gasteiger charge is -2.03. The van der Waals surface area contributed by atoms with E-state index in [2.05, 4.69) is 4.74 Å². The van der Waals surface area contributed by atoms with Crippen molar-refractivity contribution in [2.24, 2.45) is 5.73 Å². The number of ketones is 1. The molecule has 2 fully saturated rings. The SMILES string of the molecule is C1CC1.C1CC1.COCC(N)C(C)=O. The molecule has 2 aliphatic carbocycles. The van der Waals surface area contributed by atoms with Crippen LogP contribution < -0.4 is 5.73 Å². The molecule has 2 N–H and O–H groups in total. The number of carbonyl (C=O) groups is 1. The standard InChI is InChI=1S/C5H11NO2.2C3H6/c1-4(7)5(6)3-8-2;2*1-2-3-1/h5H,3,6H2,1-2H3;2*1-3H2. The second-order valence-electron chi connectivity index (χ2n) is 3.79. The molecule has 14 heavy (non-hydrogen) atoms. The highest BCUT2D eigenvalue weighted by atomic mass is 16.5. The Kier molecular flexibility index (Phi) is 8.89. The molecule has 0 aromatic rings. The zero-order chi connectivity index (χ0) is 10.8. The molecule has 1 atom stereocenters. The molecule has 0 radical (unpaired) electrons. The average Bonchev–Trinajstić information content (AvgIpc) is 2.91. The van der Waals surface area contributed by atoms with Crippen LogP contribution >= 0.6 is 0 Å². The Morgan fingerprint density at radius 3 is 1.64 bits per heavy atom. The van der Waals surface area contributed by atoms with E-state index in [1.54, 1.807) is 0 Å². The molecule has 0 bridgehead atoms. The maximum absolute atomic E-state index is 10.3. The minimum atomic E-state index is -0.444. The monoisotopic (exact) mass is 201 g/mol. The van der Waals surface area contributed by atoms with Crippen molar-refractivity contribution < 1.29 is 9.53 Å². The van der Waals surface area contributed by atoms with Gasteiger partial charge >= 0.3 is 0 Å². The highest BCUT2D eigenvalue weighted by Gasteiger charge is 2.04. The zero-order valence-corrected chi connectivity index (χ0v) is 9.42. The van der Waals surface area contributed by atoms with Crippen molar-refractivity contribution >= 4 is 5.78 Å². The van der Waals surface area contributed by atoms with Crippen molar-refractivity contribution in [1.29, 1.82) is 0 Å². The fourth-order valence-corrected chi connectivity index (χ4v) is 0.297. The van der Waals surface area contributed by atoms with Crippen LogP contribution in [0.1, 0.15) is 45.4 Å². The number of carbonyl (C=O) groups excluding carboxylic acids is 1. The summed E-state index contributed by atoms with van der Waals surface area (Å²) in [4.78, 5) is 10.3. The summed E-state index contributed by atoms with van der Waals surface area (Å²) in [7, 11) is 1.52. The van der Waals surface area contributed by atoms with Crippen molar-refractivity contribution in [2.45, 2.75) is 51.5 Å². The van der Waals surface area contributed by atoms with Crippen LogP contribution in [0.15, 0.2) is 0 Å². The van der Waals surface area contributed by atoms with Gasteiger partial charge in [0.15, 0.2) is 0 Å². The van der Waals surface area contributed by atoms with Crippen LogP contribution in [0.25, 0.3) is 0 Å². The predicted molar refractivity (Wildman–Crippen MR) is 58.2 cm³/mol. The van der Waals surface area contributed by atoms with E-state index in [9.17, 15) is 4.79 Å². The molecule has 2 saturated carbocycles. The van der Waals surface area contributed by atoms with Crippen LogP contribution in [0, 0.1) is 0 Å². The maximum Gasteiger partial charge on any atom is 0.148 e. The van der Waals surface area contributed by atoms with Gasteiger partial charge in [-0.1, -0.05) is 38.5 Å². The van der Waals surface area contributed by atoms with Gasteiger partial charge in [0, 0.05) is 7.11 Å². The zero-order valence-electron chi connectivity index (χ0n) is 9.42. The van der Waals surface area contributed by atoms with Crippen LogP contribution in [-0.2, 0) is 9.53 Å². The van der Waals surface area contributed by atoms with Crippen molar-refractivity contribution in [3.8, 4) is 0 Å². The summed E-state index contributed by atoms with van der Waals surface area (Å²) < 4.78 is 4.62. The lowest BCUT2D eigenvalue weighted by molar-refractivity contribution is -0.119. The molecule has 0 amide bonds. The number of ether oxygens (including phenoxy) is 1. The third-order valence-electron chi connectivity index (χ3n) is 1.58. The number of nitrogens with two attached hydrogens (primary N) is 1. The number of hydrogen-bond donors (Lipinski definition) is 1. The van der Waals surface area contributed by atoms with E-state index in [4.69, 9.17) is 5.73 Å². The number of rotatable bonds is 3. The molecule has 84 valence electrons. The Bertz CT molecular complexity index is 133. The molecule has 0 aliphatic heterocycles. The van der Waals surface area contributed by atoms with Gasteiger partial charge in [0.25, 0.3) is 0 Å². The summed E-state index contributed by atoms with van der Waals surface area (Å²) in [5.74, 6) is -0.0353. The molecule has 0 aromatic heterocycles. The minimum absolute atomic E-state index is 0.0353. The Labute approximate surface area is 87.0 Å². The van der Waals surface area contributed by atoms with Gasteiger partial charge in [-0.15, -0.1) is 0 Å². The van der Waals surface area contributed by atoms with Crippen molar-refractivity contribution in [3.63, 3.8) is 0 Å². The molecule has 0 spiro atoms. The lowest BCUT2D eigenvalue weighted by Crippen LogP contribution is -2.32. The Balaban J connectivity index is 0.000000223. The molecule has 3 heteroatoms. The van der Waals surface area contributed by atoms with Gasteiger partial charge in [-0.25, -0.2) is 0 Å². The molecular weight excluding hydrogens is 178 g/mol. The number of Topliss-reactive ketones (excluding diaryl/α,β-unsaturated/α-hetero) is 1. The normalized spacial score (nSPS) is 17.9. The summed E-state index contributed by atoms with van der Waals surface area (Å²) in [6.07, 6.45) is 9.00.